The molecule has 19 heavy (non-hydrogen) atoms. The van der Waals surface area contributed by atoms with Crippen LogP contribution in [0.1, 0.15) is 41.4 Å². The summed E-state index contributed by atoms with van der Waals surface area (Å²) in [6.45, 7) is 6.40. The Kier molecular flexibility index (Phi) is 4.04. The lowest BCUT2D eigenvalue weighted by Crippen LogP contribution is -2.33. The molecule has 2 N–H and O–H groups in total. The second-order valence-electron chi connectivity index (χ2n) is 5.16. The van der Waals surface area contributed by atoms with Crippen molar-refractivity contribution in [2.24, 2.45) is 0 Å². The number of carbonyl (C=O) groups is 1. The topological polar surface area (TPSA) is 71.5 Å². The predicted octanol–water partition coefficient (Wildman–Crippen LogP) is 2.38. The number of carboxylic acid groups (broad SMARTS) is 1. The highest BCUT2D eigenvalue weighted by Gasteiger charge is 2.23. The van der Waals surface area contributed by atoms with Crippen LogP contribution in [-0.2, 0) is 4.74 Å². The lowest BCUT2D eigenvalue weighted by molar-refractivity contribution is 0.0231. The zero-order valence-corrected chi connectivity index (χ0v) is 11.6. The molecule has 5 heteroatoms. The molecule has 1 saturated heterocycles. The normalized spacial score (nSPS) is 23.1. The van der Waals surface area contributed by atoms with Crippen molar-refractivity contribution in [3.05, 3.63) is 22.9 Å². The molecule has 0 radical (unpaired) electrons. The Morgan fingerprint density at radius 2 is 2.26 bits per heavy atom. The maximum Gasteiger partial charge on any atom is 0.339 e. The zero-order valence-electron chi connectivity index (χ0n) is 11.6. The number of anilines is 1. The fourth-order valence-corrected chi connectivity index (χ4v) is 2.53. The van der Waals surface area contributed by atoms with Crippen molar-refractivity contribution in [2.75, 3.05) is 11.9 Å². The third kappa shape index (κ3) is 3.23. The summed E-state index contributed by atoms with van der Waals surface area (Å²) in [6, 6.07) is 2.01. The van der Waals surface area contributed by atoms with Gasteiger partial charge in [-0.1, -0.05) is 0 Å². The van der Waals surface area contributed by atoms with E-state index in [2.05, 4.69) is 10.3 Å². The van der Waals surface area contributed by atoms with Crippen LogP contribution in [0.15, 0.2) is 6.07 Å². The molecule has 0 amide bonds. The van der Waals surface area contributed by atoms with Crippen molar-refractivity contribution in [1.82, 2.24) is 4.98 Å². The van der Waals surface area contributed by atoms with Crippen LogP contribution in [0.3, 0.4) is 0 Å². The van der Waals surface area contributed by atoms with E-state index in [0.29, 0.717) is 12.4 Å². The molecule has 5 nitrogen and oxygen atoms in total. The monoisotopic (exact) mass is 264 g/mol. The number of nitrogens with one attached hydrogen (secondary N) is 1. The zero-order chi connectivity index (χ0) is 14.0. The molecule has 1 aromatic rings. The summed E-state index contributed by atoms with van der Waals surface area (Å²) in [5.74, 6) is -0.461. The molecular weight excluding hydrogens is 244 g/mol. The minimum atomic E-state index is -0.937. The molecule has 0 bridgehead atoms. The summed E-state index contributed by atoms with van der Waals surface area (Å²) in [5, 5.41) is 12.6. The van der Waals surface area contributed by atoms with Gasteiger partial charge in [0.1, 0.15) is 11.4 Å². The van der Waals surface area contributed by atoms with Crippen molar-refractivity contribution in [3.63, 3.8) is 0 Å². The number of aromatic carboxylic acids is 1. The number of rotatable bonds is 3. The van der Waals surface area contributed by atoms with Gasteiger partial charge in [0.2, 0.25) is 0 Å². The first-order valence-electron chi connectivity index (χ1n) is 6.57. The molecule has 0 aromatic carbocycles. The average Bonchev–Trinajstić information content (AvgIpc) is 2.26. The van der Waals surface area contributed by atoms with Gasteiger partial charge in [-0.25, -0.2) is 9.78 Å². The molecule has 1 aliphatic heterocycles. The first-order valence-corrected chi connectivity index (χ1v) is 6.57. The lowest BCUT2D eigenvalue weighted by atomic mass is 10.0. The molecule has 2 heterocycles. The van der Waals surface area contributed by atoms with Gasteiger partial charge in [-0.05, 0) is 45.2 Å². The lowest BCUT2D eigenvalue weighted by Gasteiger charge is -2.29. The van der Waals surface area contributed by atoms with Crippen LogP contribution in [-0.4, -0.2) is 34.8 Å². The van der Waals surface area contributed by atoms with Crippen molar-refractivity contribution >= 4 is 11.8 Å². The molecule has 0 aliphatic carbocycles. The molecule has 2 atom stereocenters. The standard InChI is InChI=1S/C14H20N2O3/c1-8-6-9(2)15-13(12(8)14(17)18)16-11-4-5-19-10(3)7-11/h6,10-11H,4-5,7H2,1-3H3,(H,15,16)(H,17,18). The average molecular weight is 264 g/mol. The first-order chi connectivity index (χ1) is 8.97. The molecule has 0 saturated carbocycles. The molecule has 1 aromatic heterocycles. The number of hydrogen-bond acceptors (Lipinski definition) is 4. The molecule has 0 spiro atoms. The summed E-state index contributed by atoms with van der Waals surface area (Å²) in [7, 11) is 0. The van der Waals surface area contributed by atoms with Gasteiger partial charge in [-0.3, -0.25) is 0 Å². The van der Waals surface area contributed by atoms with E-state index in [0.717, 1.165) is 24.1 Å². The maximum atomic E-state index is 11.4. The highest BCUT2D eigenvalue weighted by molar-refractivity contribution is 5.94. The van der Waals surface area contributed by atoms with Crippen LogP contribution >= 0.6 is 0 Å². The van der Waals surface area contributed by atoms with Gasteiger partial charge in [0, 0.05) is 18.3 Å². The van der Waals surface area contributed by atoms with Crippen LogP contribution in [0, 0.1) is 13.8 Å². The highest BCUT2D eigenvalue weighted by Crippen LogP contribution is 2.23. The van der Waals surface area contributed by atoms with E-state index in [1.807, 2.05) is 13.8 Å². The third-order valence-electron chi connectivity index (χ3n) is 3.38. The van der Waals surface area contributed by atoms with Gasteiger partial charge in [-0.15, -0.1) is 0 Å². The van der Waals surface area contributed by atoms with E-state index in [9.17, 15) is 9.90 Å². The molecule has 1 fully saturated rings. The first kappa shape index (κ1) is 13.8. The van der Waals surface area contributed by atoms with Crippen LogP contribution < -0.4 is 5.32 Å². The van der Waals surface area contributed by atoms with Crippen LogP contribution in [0.4, 0.5) is 5.82 Å². The third-order valence-corrected chi connectivity index (χ3v) is 3.38. The minimum Gasteiger partial charge on any atom is -0.478 e. The summed E-state index contributed by atoms with van der Waals surface area (Å²) >= 11 is 0. The van der Waals surface area contributed by atoms with Gasteiger partial charge in [0.25, 0.3) is 0 Å². The number of aryl methyl sites for hydroxylation is 2. The number of aromatic nitrogens is 1. The van der Waals surface area contributed by atoms with Crippen molar-refractivity contribution in [3.8, 4) is 0 Å². The number of pyridine rings is 1. The van der Waals surface area contributed by atoms with E-state index < -0.39 is 5.97 Å². The Morgan fingerprint density at radius 3 is 2.89 bits per heavy atom. The summed E-state index contributed by atoms with van der Waals surface area (Å²) < 4.78 is 5.49. The second kappa shape index (κ2) is 5.57. The summed E-state index contributed by atoms with van der Waals surface area (Å²) in [6.07, 6.45) is 1.94. The van der Waals surface area contributed by atoms with Gasteiger partial charge in [0.05, 0.1) is 6.10 Å². The Bertz CT molecular complexity index is 488. The van der Waals surface area contributed by atoms with E-state index >= 15 is 0 Å². The molecule has 1 aliphatic rings. The highest BCUT2D eigenvalue weighted by atomic mass is 16.5. The molecular formula is C14H20N2O3. The quantitative estimate of drug-likeness (QED) is 0.877. The smallest absolute Gasteiger partial charge is 0.339 e. The van der Waals surface area contributed by atoms with E-state index in [1.165, 1.54) is 0 Å². The number of ether oxygens (including phenoxy) is 1. The number of carboxylic acids is 1. The summed E-state index contributed by atoms with van der Waals surface area (Å²) in [5.41, 5.74) is 1.83. The van der Waals surface area contributed by atoms with E-state index in [-0.39, 0.29) is 17.7 Å². The Balaban J connectivity index is 2.25. The van der Waals surface area contributed by atoms with Crippen molar-refractivity contribution in [1.29, 1.82) is 0 Å². The minimum absolute atomic E-state index is 0.199. The Morgan fingerprint density at radius 1 is 1.53 bits per heavy atom. The van der Waals surface area contributed by atoms with E-state index in [1.54, 1.807) is 13.0 Å². The van der Waals surface area contributed by atoms with Gasteiger partial charge in [0.15, 0.2) is 0 Å². The van der Waals surface area contributed by atoms with E-state index in [4.69, 9.17) is 4.74 Å². The van der Waals surface area contributed by atoms with Crippen molar-refractivity contribution < 1.29 is 14.6 Å². The van der Waals surface area contributed by atoms with Crippen LogP contribution in [0.5, 0.6) is 0 Å². The maximum absolute atomic E-state index is 11.4. The SMILES string of the molecule is Cc1cc(C)c(C(=O)O)c(NC2CCOC(C)C2)n1. The van der Waals surface area contributed by atoms with Crippen LogP contribution in [0.25, 0.3) is 0 Å². The van der Waals surface area contributed by atoms with Crippen molar-refractivity contribution in [2.45, 2.75) is 45.8 Å². The second-order valence-corrected chi connectivity index (χ2v) is 5.16. The Labute approximate surface area is 113 Å². The van der Waals surface area contributed by atoms with Gasteiger partial charge < -0.3 is 15.2 Å². The fraction of sp³-hybridized carbons (Fsp3) is 0.571. The summed E-state index contributed by atoms with van der Waals surface area (Å²) in [4.78, 5) is 15.7. The molecule has 104 valence electrons. The Hall–Kier alpha value is -1.62. The largest absolute Gasteiger partial charge is 0.478 e. The molecule has 2 unspecified atom stereocenters. The van der Waals surface area contributed by atoms with Gasteiger partial charge in [-0.2, -0.15) is 0 Å². The van der Waals surface area contributed by atoms with Crippen LogP contribution in [0.2, 0.25) is 0 Å². The number of nitrogens with zero attached hydrogens (tertiary/aromatic N) is 1. The molecule has 2 rings (SSSR count). The number of hydrogen-bond donors (Lipinski definition) is 2. The fourth-order valence-electron chi connectivity index (χ4n) is 2.53. The van der Waals surface area contributed by atoms with Gasteiger partial charge >= 0.3 is 5.97 Å². The predicted molar refractivity (Wildman–Crippen MR) is 72.7 cm³/mol.